The van der Waals surface area contributed by atoms with E-state index in [9.17, 15) is 4.79 Å². The lowest BCUT2D eigenvalue weighted by Crippen LogP contribution is -2.15. The van der Waals surface area contributed by atoms with Crippen LogP contribution in [0.3, 0.4) is 0 Å². The first kappa shape index (κ1) is 11.5. The Hall–Kier alpha value is -1.55. The summed E-state index contributed by atoms with van der Waals surface area (Å²) >= 11 is 0. The summed E-state index contributed by atoms with van der Waals surface area (Å²) in [6.07, 6.45) is 0.872. The summed E-state index contributed by atoms with van der Waals surface area (Å²) in [6.45, 7) is 0.922. The molecule has 82 valence electrons. The molecule has 4 nitrogen and oxygen atoms in total. The molecule has 0 aliphatic carbocycles. The highest BCUT2D eigenvalue weighted by molar-refractivity contribution is 5.93. The van der Waals surface area contributed by atoms with Crippen LogP contribution in [0.5, 0.6) is 0 Å². The van der Waals surface area contributed by atoms with Crippen LogP contribution >= 0.6 is 0 Å². The van der Waals surface area contributed by atoms with Crippen molar-refractivity contribution < 1.29 is 9.90 Å². The molecule has 0 aliphatic rings. The second-order valence-electron chi connectivity index (χ2n) is 3.78. The Morgan fingerprint density at radius 1 is 1.47 bits per heavy atom. The summed E-state index contributed by atoms with van der Waals surface area (Å²) in [5, 5.41) is 8.79. The van der Waals surface area contributed by atoms with Gasteiger partial charge in [0.05, 0.1) is 5.56 Å². The minimum absolute atomic E-state index is 0.170. The van der Waals surface area contributed by atoms with E-state index in [2.05, 4.69) is 4.90 Å². The topological polar surface area (TPSA) is 66.6 Å². The summed E-state index contributed by atoms with van der Waals surface area (Å²) < 4.78 is 0. The van der Waals surface area contributed by atoms with Crippen LogP contribution in [0.2, 0.25) is 0 Å². The molecular formula is C11H16N2O2. The molecule has 4 heteroatoms. The van der Waals surface area contributed by atoms with Crippen LogP contribution < -0.4 is 5.73 Å². The van der Waals surface area contributed by atoms with Crippen LogP contribution in [0.25, 0.3) is 0 Å². The molecular weight excluding hydrogens is 192 g/mol. The summed E-state index contributed by atoms with van der Waals surface area (Å²) in [5.41, 5.74) is 7.20. The van der Waals surface area contributed by atoms with Crippen molar-refractivity contribution in [2.75, 3.05) is 26.4 Å². The number of hydrogen-bond donors (Lipinski definition) is 2. The van der Waals surface area contributed by atoms with E-state index >= 15 is 0 Å². The van der Waals surface area contributed by atoms with Gasteiger partial charge in [-0.1, -0.05) is 6.07 Å². The van der Waals surface area contributed by atoms with Crippen molar-refractivity contribution in [1.82, 2.24) is 4.90 Å². The second kappa shape index (κ2) is 4.79. The van der Waals surface area contributed by atoms with Crippen LogP contribution in [-0.4, -0.2) is 36.6 Å². The van der Waals surface area contributed by atoms with Crippen LogP contribution in [0.4, 0.5) is 5.69 Å². The number of nitrogens with zero attached hydrogens (tertiary/aromatic N) is 1. The second-order valence-corrected chi connectivity index (χ2v) is 3.78. The highest BCUT2D eigenvalue weighted by atomic mass is 16.4. The van der Waals surface area contributed by atoms with E-state index in [1.165, 1.54) is 0 Å². The van der Waals surface area contributed by atoms with Gasteiger partial charge in [-0.25, -0.2) is 4.79 Å². The van der Waals surface area contributed by atoms with Crippen LogP contribution in [0.15, 0.2) is 18.2 Å². The number of rotatable bonds is 4. The number of nitrogen functional groups attached to an aromatic ring is 1. The molecule has 1 aromatic carbocycles. The average Bonchev–Trinajstić information content (AvgIpc) is 2.14. The molecule has 0 saturated carbocycles. The number of hydrogen-bond acceptors (Lipinski definition) is 3. The van der Waals surface area contributed by atoms with Gasteiger partial charge in [-0.15, -0.1) is 0 Å². The van der Waals surface area contributed by atoms with E-state index in [4.69, 9.17) is 10.8 Å². The van der Waals surface area contributed by atoms with Crippen molar-refractivity contribution in [1.29, 1.82) is 0 Å². The number of likely N-dealkylation sites (N-methyl/N-ethyl adjacent to an activating group) is 1. The molecule has 0 unspecified atom stereocenters. The number of benzene rings is 1. The molecule has 0 atom stereocenters. The van der Waals surface area contributed by atoms with Gasteiger partial charge in [0.2, 0.25) is 0 Å². The molecule has 0 amide bonds. The number of anilines is 1. The zero-order valence-electron chi connectivity index (χ0n) is 9.03. The van der Waals surface area contributed by atoms with Gasteiger partial charge < -0.3 is 15.7 Å². The summed E-state index contributed by atoms with van der Waals surface area (Å²) in [5.74, 6) is -0.980. The lowest BCUT2D eigenvalue weighted by molar-refractivity contribution is 0.0698. The van der Waals surface area contributed by atoms with Gasteiger partial charge in [0.25, 0.3) is 0 Å². The van der Waals surface area contributed by atoms with Gasteiger partial charge in [-0.3, -0.25) is 0 Å². The van der Waals surface area contributed by atoms with E-state index in [1.807, 2.05) is 20.2 Å². The smallest absolute Gasteiger partial charge is 0.337 e. The third-order valence-corrected chi connectivity index (χ3v) is 2.19. The standard InChI is InChI=1S/C11H16N2O2/c1-13(2)6-5-8-3-4-9(11(14)15)10(12)7-8/h3-4,7H,5-6,12H2,1-2H3,(H,14,15). The summed E-state index contributed by atoms with van der Waals surface area (Å²) in [4.78, 5) is 12.8. The van der Waals surface area contributed by atoms with Crippen molar-refractivity contribution in [3.63, 3.8) is 0 Å². The zero-order valence-corrected chi connectivity index (χ0v) is 9.03. The fourth-order valence-corrected chi connectivity index (χ4v) is 1.32. The number of carbonyl (C=O) groups is 1. The molecule has 1 rings (SSSR count). The lowest BCUT2D eigenvalue weighted by Gasteiger charge is -2.10. The minimum Gasteiger partial charge on any atom is -0.478 e. The largest absolute Gasteiger partial charge is 0.478 e. The van der Waals surface area contributed by atoms with Crippen LogP contribution in [-0.2, 0) is 6.42 Å². The Morgan fingerprint density at radius 2 is 2.13 bits per heavy atom. The molecule has 0 fully saturated rings. The number of aromatic carboxylic acids is 1. The fourth-order valence-electron chi connectivity index (χ4n) is 1.32. The Kier molecular flexibility index (Phi) is 3.68. The molecule has 0 heterocycles. The third-order valence-electron chi connectivity index (χ3n) is 2.19. The predicted octanol–water partition coefficient (Wildman–Crippen LogP) is 1.07. The molecule has 0 aliphatic heterocycles. The molecule has 0 saturated heterocycles. The van der Waals surface area contributed by atoms with Gasteiger partial charge in [0, 0.05) is 12.2 Å². The quantitative estimate of drug-likeness (QED) is 0.726. The van der Waals surface area contributed by atoms with Gasteiger partial charge in [-0.2, -0.15) is 0 Å². The molecule has 0 bridgehead atoms. The van der Waals surface area contributed by atoms with Gasteiger partial charge >= 0.3 is 5.97 Å². The highest BCUT2D eigenvalue weighted by Gasteiger charge is 2.07. The number of carboxylic acids is 1. The van der Waals surface area contributed by atoms with E-state index in [1.54, 1.807) is 12.1 Å². The fraction of sp³-hybridized carbons (Fsp3) is 0.364. The molecule has 15 heavy (non-hydrogen) atoms. The maximum Gasteiger partial charge on any atom is 0.337 e. The first-order chi connectivity index (χ1) is 7.00. The SMILES string of the molecule is CN(C)CCc1ccc(C(=O)O)c(N)c1. The van der Waals surface area contributed by atoms with Crippen molar-refractivity contribution in [2.45, 2.75) is 6.42 Å². The Labute approximate surface area is 89.3 Å². The van der Waals surface area contributed by atoms with Crippen molar-refractivity contribution in [3.8, 4) is 0 Å². The predicted molar refractivity (Wildman–Crippen MR) is 60.1 cm³/mol. The van der Waals surface area contributed by atoms with E-state index < -0.39 is 5.97 Å². The number of carboxylic acid groups (broad SMARTS) is 1. The van der Waals surface area contributed by atoms with E-state index in [-0.39, 0.29) is 5.56 Å². The minimum atomic E-state index is -0.980. The van der Waals surface area contributed by atoms with Crippen molar-refractivity contribution >= 4 is 11.7 Å². The maximum absolute atomic E-state index is 10.7. The van der Waals surface area contributed by atoms with Crippen molar-refractivity contribution in [3.05, 3.63) is 29.3 Å². The first-order valence-electron chi connectivity index (χ1n) is 4.77. The average molecular weight is 208 g/mol. The monoisotopic (exact) mass is 208 g/mol. The summed E-state index contributed by atoms with van der Waals surface area (Å²) in [6, 6.07) is 5.10. The zero-order chi connectivity index (χ0) is 11.4. The molecule has 0 spiro atoms. The molecule has 0 radical (unpaired) electrons. The Bertz CT molecular complexity index is 362. The summed E-state index contributed by atoms with van der Waals surface area (Å²) in [7, 11) is 3.99. The Balaban J connectivity index is 2.78. The van der Waals surface area contributed by atoms with Crippen molar-refractivity contribution in [2.24, 2.45) is 0 Å². The highest BCUT2D eigenvalue weighted by Crippen LogP contribution is 2.14. The van der Waals surface area contributed by atoms with Gasteiger partial charge in [0.15, 0.2) is 0 Å². The third kappa shape index (κ3) is 3.25. The normalized spacial score (nSPS) is 10.6. The van der Waals surface area contributed by atoms with E-state index in [0.717, 1.165) is 18.5 Å². The molecule has 0 aromatic heterocycles. The van der Waals surface area contributed by atoms with Gasteiger partial charge in [-0.05, 0) is 38.2 Å². The van der Waals surface area contributed by atoms with Crippen LogP contribution in [0.1, 0.15) is 15.9 Å². The maximum atomic E-state index is 10.7. The van der Waals surface area contributed by atoms with Gasteiger partial charge in [0.1, 0.15) is 0 Å². The van der Waals surface area contributed by atoms with E-state index in [0.29, 0.717) is 5.69 Å². The first-order valence-corrected chi connectivity index (χ1v) is 4.77. The van der Waals surface area contributed by atoms with Crippen LogP contribution in [0, 0.1) is 0 Å². The molecule has 1 aromatic rings. The Morgan fingerprint density at radius 3 is 2.60 bits per heavy atom. The number of nitrogens with two attached hydrogens (primary N) is 1. The molecule has 3 N–H and O–H groups in total. The lowest BCUT2D eigenvalue weighted by atomic mass is 10.1.